The second-order valence-electron chi connectivity index (χ2n) is 3.90. The van der Waals surface area contributed by atoms with Crippen LogP contribution in [-0.2, 0) is 9.47 Å². The quantitative estimate of drug-likeness (QED) is 0.840. The molecule has 0 aliphatic heterocycles. The van der Waals surface area contributed by atoms with Gasteiger partial charge in [-0.3, -0.25) is 5.32 Å². The minimum absolute atomic E-state index is 0.186. The highest BCUT2D eigenvalue weighted by Gasteiger charge is 2.20. The Labute approximate surface area is 123 Å². The van der Waals surface area contributed by atoms with Crippen LogP contribution in [-0.4, -0.2) is 30.8 Å². The average molecular weight is 341 g/mol. The van der Waals surface area contributed by atoms with Crippen molar-refractivity contribution >= 4 is 44.6 Å². The lowest BCUT2D eigenvalue weighted by Gasteiger charge is -2.05. The van der Waals surface area contributed by atoms with Gasteiger partial charge < -0.3 is 14.5 Å². The molecule has 0 fully saturated rings. The highest BCUT2D eigenvalue weighted by atomic mass is 79.9. The third-order valence-electron chi connectivity index (χ3n) is 2.65. The van der Waals surface area contributed by atoms with E-state index < -0.39 is 12.1 Å². The van der Waals surface area contributed by atoms with Gasteiger partial charge in [0.15, 0.2) is 0 Å². The van der Waals surface area contributed by atoms with E-state index in [1.54, 1.807) is 19.1 Å². The first kappa shape index (κ1) is 14.4. The molecule has 1 aromatic carbocycles. The number of esters is 1. The van der Waals surface area contributed by atoms with Gasteiger partial charge in [-0.1, -0.05) is 15.9 Å². The zero-order valence-corrected chi connectivity index (χ0v) is 12.5. The molecule has 6 nitrogen and oxygen atoms in total. The number of rotatable bonds is 3. The molecule has 2 N–H and O–H groups in total. The van der Waals surface area contributed by atoms with Gasteiger partial charge >= 0.3 is 12.1 Å². The molecule has 0 aliphatic rings. The first-order chi connectivity index (χ1) is 9.56. The number of halogens is 1. The lowest BCUT2D eigenvalue weighted by atomic mass is 10.2. The summed E-state index contributed by atoms with van der Waals surface area (Å²) < 4.78 is 10.4. The van der Waals surface area contributed by atoms with Gasteiger partial charge in [0.25, 0.3) is 0 Å². The van der Waals surface area contributed by atoms with Crippen LogP contribution in [0.3, 0.4) is 0 Å². The van der Waals surface area contributed by atoms with Gasteiger partial charge in [-0.05, 0) is 25.1 Å². The number of benzene rings is 1. The number of hydrogen-bond donors (Lipinski definition) is 2. The van der Waals surface area contributed by atoms with Gasteiger partial charge in [0.2, 0.25) is 0 Å². The molecule has 0 saturated heterocycles. The summed E-state index contributed by atoms with van der Waals surface area (Å²) in [5.74, 6) is -0.536. The van der Waals surface area contributed by atoms with Gasteiger partial charge in [0.05, 0.1) is 19.4 Å². The summed E-state index contributed by atoms with van der Waals surface area (Å²) in [4.78, 5) is 26.3. The third kappa shape index (κ3) is 2.77. The topological polar surface area (TPSA) is 80.4 Å². The Morgan fingerprint density at radius 3 is 2.80 bits per heavy atom. The number of ether oxygens (including phenoxy) is 2. The lowest BCUT2D eigenvalue weighted by Crippen LogP contribution is -2.15. The van der Waals surface area contributed by atoms with Crippen molar-refractivity contribution in [3.63, 3.8) is 0 Å². The number of aromatic nitrogens is 1. The maximum Gasteiger partial charge on any atom is 0.411 e. The van der Waals surface area contributed by atoms with Crippen molar-refractivity contribution in [2.24, 2.45) is 0 Å². The standard InChI is InChI=1S/C13H13BrN2O4/c1-3-20-12(17)11-10(16-13(18)19-2)8-6-7(14)4-5-9(8)15-11/h4-6,15H,3H2,1-2H3,(H,16,18). The van der Waals surface area contributed by atoms with Crippen LogP contribution in [0.4, 0.5) is 10.5 Å². The fourth-order valence-corrected chi connectivity index (χ4v) is 2.16. The molecule has 7 heteroatoms. The minimum Gasteiger partial charge on any atom is -0.461 e. The van der Waals surface area contributed by atoms with E-state index in [4.69, 9.17) is 4.74 Å². The maximum atomic E-state index is 11.9. The van der Waals surface area contributed by atoms with E-state index in [1.165, 1.54) is 7.11 Å². The Morgan fingerprint density at radius 2 is 2.15 bits per heavy atom. The molecule has 0 saturated carbocycles. The summed E-state index contributed by atoms with van der Waals surface area (Å²) in [6.07, 6.45) is -0.656. The summed E-state index contributed by atoms with van der Waals surface area (Å²) in [5.41, 5.74) is 1.24. The van der Waals surface area contributed by atoms with Crippen LogP contribution in [0.1, 0.15) is 17.4 Å². The Balaban J connectivity index is 2.57. The van der Waals surface area contributed by atoms with Crippen LogP contribution in [0.2, 0.25) is 0 Å². The molecule has 1 heterocycles. The van der Waals surface area contributed by atoms with Crippen molar-refractivity contribution in [1.29, 1.82) is 0 Å². The second kappa shape index (κ2) is 5.96. The summed E-state index contributed by atoms with van der Waals surface area (Å²) in [6.45, 7) is 1.96. The normalized spacial score (nSPS) is 10.3. The molecule has 2 aromatic rings. The molecule has 2 rings (SSSR count). The predicted molar refractivity (Wildman–Crippen MR) is 78.0 cm³/mol. The van der Waals surface area contributed by atoms with Crippen molar-refractivity contribution in [2.75, 3.05) is 19.0 Å². The predicted octanol–water partition coefficient (Wildman–Crippen LogP) is 3.29. The number of H-pyrrole nitrogens is 1. The molecule has 1 aromatic heterocycles. The highest BCUT2D eigenvalue weighted by Crippen LogP contribution is 2.30. The van der Waals surface area contributed by atoms with Crippen molar-refractivity contribution in [2.45, 2.75) is 6.92 Å². The SMILES string of the molecule is CCOC(=O)c1[nH]c2ccc(Br)cc2c1NC(=O)OC. The number of carbonyl (C=O) groups is 2. The summed E-state index contributed by atoms with van der Waals surface area (Å²) >= 11 is 3.35. The molecule has 106 valence electrons. The summed E-state index contributed by atoms with van der Waals surface area (Å²) in [7, 11) is 1.25. The average Bonchev–Trinajstić information content (AvgIpc) is 2.77. The number of carbonyl (C=O) groups excluding carboxylic acids is 2. The van der Waals surface area contributed by atoms with E-state index in [0.717, 1.165) is 4.47 Å². The Bertz CT molecular complexity index is 666. The first-order valence-corrected chi connectivity index (χ1v) is 6.69. The molecule has 20 heavy (non-hydrogen) atoms. The van der Waals surface area contributed by atoms with Crippen molar-refractivity contribution < 1.29 is 19.1 Å². The van der Waals surface area contributed by atoms with Gasteiger partial charge in [-0.2, -0.15) is 0 Å². The number of aromatic amines is 1. The Hall–Kier alpha value is -2.02. The molecular formula is C13H13BrN2O4. The molecule has 0 bridgehead atoms. The van der Waals surface area contributed by atoms with Crippen LogP contribution in [0.25, 0.3) is 10.9 Å². The van der Waals surface area contributed by atoms with Crippen LogP contribution >= 0.6 is 15.9 Å². The third-order valence-corrected chi connectivity index (χ3v) is 3.15. The number of nitrogens with one attached hydrogen (secondary N) is 2. The minimum atomic E-state index is -0.656. The van der Waals surface area contributed by atoms with Crippen molar-refractivity contribution in [1.82, 2.24) is 4.98 Å². The van der Waals surface area contributed by atoms with Crippen LogP contribution < -0.4 is 5.32 Å². The molecule has 0 unspecified atom stereocenters. The van der Waals surface area contributed by atoms with Crippen LogP contribution in [0, 0.1) is 0 Å². The van der Waals surface area contributed by atoms with Crippen molar-refractivity contribution in [3.05, 3.63) is 28.4 Å². The number of anilines is 1. The van der Waals surface area contributed by atoms with Gasteiger partial charge in [-0.25, -0.2) is 9.59 Å². The van der Waals surface area contributed by atoms with E-state index in [2.05, 4.69) is 31.0 Å². The molecule has 0 atom stereocenters. The fraction of sp³-hybridized carbons (Fsp3) is 0.231. The molecule has 1 amide bonds. The van der Waals surface area contributed by atoms with E-state index in [1.807, 2.05) is 6.07 Å². The van der Waals surface area contributed by atoms with Crippen LogP contribution in [0.5, 0.6) is 0 Å². The Morgan fingerprint density at radius 1 is 1.40 bits per heavy atom. The first-order valence-electron chi connectivity index (χ1n) is 5.90. The number of methoxy groups -OCH3 is 1. The molecule has 0 spiro atoms. The van der Waals surface area contributed by atoms with Gasteiger partial charge in [0, 0.05) is 15.4 Å². The smallest absolute Gasteiger partial charge is 0.411 e. The van der Waals surface area contributed by atoms with Gasteiger partial charge in [-0.15, -0.1) is 0 Å². The van der Waals surface area contributed by atoms with Gasteiger partial charge in [0.1, 0.15) is 5.69 Å². The molecular weight excluding hydrogens is 328 g/mol. The largest absolute Gasteiger partial charge is 0.461 e. The van der Waals surface area contributed by atoms with E-state index in [9.17, 15) is 9.59 Å². The highest BCUT2D eigenvalue weighted by molar-refractivity contribution is 9.10. The Kier molecular flexibility index (Phi) is 4.29. The second-order valence-corrected chi connectivity index (χ2v) is 4.82. The number of amides is 1. The van der Waals surface area contributed by atoms with Crippen molar-refractivity contribution in [3.8, 4) is 0 Å². The molecule has 0 radical (unpaired) electrons. The van der Waals surface area contributed by atoms with E-state index in [-0.39, 0.29) is 12.3 Å². The summed E-state index contributed by atoms with van der Waals surface area (Å²) in [6, 6.07) is 5.42. The van der Waals surface area contributed by atoms with E-state index >= 15 is 0 Å². The number of hydrogen-bond acceptors (Lipinski definition) is 4. The fourth-order valence-electron chi connectivity index (χ4n) is 1.80. The summed E-state index contributed by atoms with van der Waals surface area (Å²) in [5, 5.41) is 3.22. The van der Waals surface area contributed by atoms with Crippen LogP contribution in [0.15, 0.2) is 22.7 Å². The zero-order valence-electron chi connectivity index (χ0n) is 11.0. The number of fused-ring (bicyclic) bond motifs is 1. The maximum absolute atomic E-state index is 11.9. The van der Waals surface area contributed by atoms with E-state index in [0.29, 0.717) is 16.6 Å². The monoisotopic (exact) mass is 340 g/mol. The lowest BCUT2D eigenvalue weighted by molar-refractivity contribution is 0.0522. The molecule has 0 aliphatic carbocycles. The zero-order chi connectivity index (χ0) is 14.7.